The van der Waals surface area contributed by atoms with Gasteiger partial charge in [-0.05, 0) is 13.8 Å². The molecule has 1 fully saturated rings. The van der Waals surface area contributed by atoms with Gasteiger partial charge in [0.15, 0.2) is 0 Å². The summed E-state index contributed by atoms with van der Waals surface area (Å²) in [5.74, 6) is 0.545. The maximum absolute atomic E-state index is 10.7. The summed E-state index contributed by atoms with van der Waals surface area (Å²) < 4.78 is 5.34. The summed E-state index contributed by atoms with van der Waals surface area (Å²) in [5.41, 5.74) is -0.446. The van der Waals surface area contributed by atoms with Crippen LogP contribution >= 0.6 is 11.8 Å². The molecule has 1 aliphatic heterocycles. The molecule has 0 aromatic rings. The zero-order valence-corrected chi connectivity index (χ0v) is 8.60. The van der Waals surface area contributed by atoms with Crippen molar-refractivity contribution >= 4 is 22.9 Å². The molecule has 0 unspecified atom stereocenters. The van der Waals surface area contributed by atoms with E-state index >= 15 is 0 Å². The second-order valence-electron chi connectivity index (χ2n) is 2.94. The van der Waals surface area contributed by atoms with Gasteiger partial charge in [0.1, 0.15) is 10.6 Å². The highest BCUT2D eigenvalue weighted by Gasteiger charge is 2.33. The number of nitrogens with zero attached hydrogens (tertiary/aromatic N) is 1. The molecule has 1 heterocycles. The molecule has 0 saturated carbocycles. The summed E-state index contributed by atoms with van der Waals surface area (Å²) >= 11 is 1.42. The summed E-state index contributed by atoms with van der Waals surface area (Å²) in [4.78, 5) is 15.2. The Morgan fingerprint density at radius 2 is 2.46 bits per heavy atom. The van der Waals surface area contributed by atoms with E-state index in [0.29, 0.717) is 11.0 Å². The van der Waals surface area contributed by atoms with Gasteiger partial charge in [0.25, 0.3) is 0 Å². The highest BCUT2D eigenvalue weighted by atomic mass is 32.2. The van der Waals surface area contributed by atoms with E-state index in [1.807, 2.05) is 13.8 Å². The fourth-order valence-corrected chi connectivity index (χ4v) is 1.69. The zero-order chi connectivity index (χ0) is 9.90. The molecule has 13 heavy (non-hydrogen) atoms. The Kier molecular flexibility index (Phi) is 3.16. The number of oxime groups is 1. The van der Waals surface area contributed by atoms with E-state index in [2.05, 4.69) is 15.3 Å². The van der Waals surface area contributed by atoms with Crippen molar-refractivity contribution in [2.24, 2.45) is 5.16 Å². The normalized spacial score (nSPS) is 23.2. The van der Waals surface area contributed by atoms with Crippen LogP contribution in [0, 0.1) is 0 Å². The van der Waals surface area contributed by atoms with E-state index in [1.54, 1.807) is 0 Å². The van der Waals surface area contributed by atoms with Gasteiger partial charge < -0.3 is 10.1 Å². The number of carbonyl (C=O) groups excluding carboxylic acids is 1. The Labute approximate surface area is 80.8 Å². The molecule has 6 heteroatoms. The van der Waals surface area contributed by atoms with E-state index in [9.17, 15) is 4.79 Å². The van der Waals surface area contributed by atoms with E-state index in [-0.39, 0.29) is 0 Å². The third-order valence-electron chi connectivity index (χ3n) is 1.55. The minimum atomic E-state index is -0.573. The summed E-state index contributed by atoms with van der Waals surface area (Å²) in [7, 11) is 1.48. The van der Waals surface area contributed by atoms with Gasteiger partial charge in [-0.1, -0.05) is 16.9 Å². The topological polar surface area (TPSA) is 59.9 Å². The third kappa shape index (κ3) is 2.60. The highest BCUT2D eigenvalue weighted by molar-refractivity contribution is 8.14. The first kappa shape index (κ1) is 10.3. The SMILES string of the molecule is CNC(=O)O/N=C1\SCOC1(C)C. The molecule has 5 nitrogen and oxygen atoms in total. The average Bonchev–Trinajstić information content (AvgIpc) is 2.41. The lowest BCUT2D eigenvalue weighted by Gasteiger charge is -2.14. The van der Waals surface area contributed by atoms with Crippen LogP contribution < -0.4 is 5.32 Å². The highest BCUT2D eigenvalue weighted by Crippen LogP contribution is 2.29. The molecular formula is C7H12N2O3S. The van der Waals surface area contributed by atoms with E-state index in [0.717, 1.165) is 0 Å². The first-order valence-electron chi connectivity index (χ1n) is 3.80. The fourth-order valence-electron chi connectivity index (χ4n) is 0.733. The Balaban J connectivity index is 2.56. The lowest BCUT2D eigenvalue weighted by atomic mass is 10.2. The Morgan fingerprint density at radius 3 is 2.92 bits per heavy atom. The molecule has 1 saturated heterocycles. The minimum Gasteiger partial charge on any atom is -0.358 e. The van der Waals surface area contributed by atoms with E-state index < -0.39 is 11.7 Å². The summed E-state index contributed by atoms with van der Waals surface area (Å²) in [5, 5.41) is 6.66. The smallest absolute Gasteiger partial charge is 0.358 e. The molecule has 0 bridgehead atoms. The van der Waals surface area contributed by atoms with E-state index in [4.69, 9.17) is 4.74 Å². The monoisotopic (exact) mass is 204 g/mol. The van der Waals surface area contributed by atoms with Crippen molar-refractivity contribution in [1.29, 1.82) is 0 Å². The van der Waals surface area contributed by atoms with Crippen LogP contribution in [0.3, 0.4) is 0 Å². The van der Waals surface area contributed by atoms with Crippen molar-refractivity contribution < 1.29 is 14.4 Å². The molecule has 0 spiro atoms. The maximum Gasteiger partial charge on any atom is 0.433 e. The van der Waals surface area contributed by atoms with Crippen molar-refractivity contribution in [2.75, 3.05) is 13.0 Å². The largest absolute Gasteiger partial charge is 0.433 e. The summed E-state index contributed by atoms with van der Waals surface area (Å²) in [6, 6.07) is 0. The van der Waals surface area contributed by atoms with Gasteiger partial charge in [-0.3, -0.25) is 4.84 Å². The molecule has 74 valence electrons. The van der Waals surface area contributed by atoms with Gasteiger partial charge >= 0.3 is 6.09 Å². The molecule has 0 aromatic carbocycles. The standard InChI is InChI=1S/C7H12N2O3S/c1-7(2)5(13-4-11-7)9-12-6(10)8-3/h4H2,1-3H3,(H,8,10)/b9-5-. The molecule has 0 aliphatic carbocycles. The first-order valence-corrected chi connectivity index (χ1v) is 4.79. The average molecular weight is 204 g/mol. The van der Waals surface area contributed by atoms with Crippen LogP contribution in [0.25, 0.3) is 0 Å². The second-order valence-corrected chi connectivity index (χ2v) is 3.85. The molecule has 1 amide bonds. The Hall–Kier alpha value is -0.750. The number of carbonyl (C=O) groups is 1. The number of hydrogen-bond donors (Lipinski definition) is 1. The van der Waals surface area contributed by atoms with Crippen LogP contribution in [0.5, 0.6) is 0 Å². The molecule has 0 aromatic heterocycles. The second kappa shape index (κ2) is 3.97. The summed E-state index contributed by atoms with van der Waals surface area (Å²) in [6.07, 6.45) is -0.573. The molecule has 1 aliphatic rings. The van der Waals surface area contributed by atoms with Crippen molar-refractivity contribution in [3.8, 4) is 0 Å². The van der Waals surface area contributed by atoms with Gasteiger partial charge in [-0.25, -0.2) is 4.79 Å². The summed E-state index contributed by atoms with van der Waals surface area (Å²) in [6.45, 7) is 3.75. The maximum atomic E-state index is 10.7. The molecule has 0 atom stereocenters. The van der Waals surface area contributed by atoms with E-state index in [1.165, 1.54) is 18.8 Å². The lowest BCUT2D eigenvalue weighted by molar-refractivity contribution is 0.0785. The number of nitrogens with one attached hydrogen (secondary N) is 1. The predicted octanol–water partition coefficient (Wildman–Crippen LogP) is 1.16. The van der Waals surface area contributed by atoms with Crippen LogP contribution in [0.2, 0.25) is 0 Å². The fraction of sp³-hybridized carbons (Fsp3) is 0.714. The molecule has 1 N–H and O–H groups in total. The third-order valence-corrected chi connectivity index (χ3v) is 2.62. The lowest BCUT2D eigenvalue weighted by Crippen LogP contribution is -2.27. The van der Waals surface area contributed by atoms with Crippen LogP contribution in [-0.2, 0) is 9.57 Å². The van der Waals surface area contributed by atoms with Crippen molar-refractivity contribution in [1.82, 2.24) is 5.32 Å². The molecule has 1 rings (SSSR count). The van der Waals surface area contributed by atoms with Gasteiger partial charge in [-0.15, -0.1) is 0 Å². The van der Waals surface area contributed by atoms with Crippen LogP contribution in [0.15, 0.2) is 5.16 Å². The Morgan fingerprint density at radius 1 is 1.77 bits per heavy atom. The number of rotatable bonds is 1. The van der Waals surface area contributed by atoms with Crippen LogP contribution in [-0.4, -0.2) is 29.7 Å². The quantitative estimate of drug-likeness (QED) is 0.514. The van der Waals surface area contributed by atoms with Crippen LogP contribution in [0.1, 0.15) is 13.8 Å². The molecular weight excluding hydrogens is 192 g/mol. The van der Waals surface area contributed by atoms with Crippen molar-refractivity contribution in [2.45, 2.75) is 19.4 Å². The number of hydrogen-bond acceptors (Lipinski definition) is 5. The van der Waals surface area contributed by atoms with Gasteiger partial charge in [0, 0.05) is 7.05 Å². The van der Waals surface area contributed by atoms with Crippen molar-refractivity contribution in [3.63, 3.8) is 0 Å². The van der Waals surface area contributed by atoms with Gasteiger partial charge in [-0.2, -0.15) is 0 Å². The zero-order valence-electron chi connectivity index (χ0n) is 7.79. The predicted molar refractivity (Wildman–Crippen MR) is 50.6 cm³/mol. The van der Waals surface area contributed by atoms with Gasteiger partial charge in [0.05, 0.1) is 5.94 Å². The van der Waals surface area contributed by atoms with Gasteiger partial charge in [0.2, 0.25) is 0 Å². The van der Waals surface area contributed by atoms with Crippen molar-refractivity contribution in [3.05, 3.63) is 0 Å². The molecule has 0 radical (unpaired) electrons. The van der Waals surface area contributed by atoms with Crippen LogP contribution in [0.4, 0.5) is 4.79 Å². The minimum absolute atomic E-state index is 0.446. The number of thioether (sulfide) groups is 1. The Bertz CT molecular complexity index is 240. The number of amides is 1. The number of ether oxygens (including phenoxy) is 1. The first-order chi connectivity index (χ1) is 6.06.